The van der Waals surface area contributed by atoms with Crippen molar-refractivity contribution in [3.63, 3.8) is 0 Å². The molecule has 1 atom stereocenters. The van der Waals surface area contributed by atoms with E-state index in [9.17, 15) is 0 Å². The molecule has 1 fully saturated rings. The van der Waals surface area contributed by atoms with Crippen molar-refractivity contribution in [3.05, 3.63) is 47.0 Å². The number of morpholine rings is 1. The van der Waals surface area contributed by atoms with Crippen LogP contribution in [0.3, 0.4) is 0 Å². The molecule has 1 saturated heterocycles. The van der Waals surface area contributed by atoms with Gasteiger partial charge in [0.25, 0.3) is 0 Å². The van der Waals surface area contributed by atoms with Crippen LogP contribution in [0, 0.1) is 13.8 Å². The van der Waals surface area contributed by atoms with Crippen LogP contribution in [0.1, 0.15) is 28.7 Å². The van der Waals surface area contributed by atoms with Gasteiger partial charge in [0.05, 0.1) is 36.8 Å². The predicted molar refractivity (Wildman–Crippen MR) is 76.3 cm³/mol. The first-order valence-electron chi connectivity index (χ1n) is 6.98. The molecule has 1 N–H and O–H groups in total. The molecule has 3 heterocycles. The van der Waals surface area contributed by atoms with Crippen LogP contribution in [-0.2, 0) is 11.3 Å². The van der Waals surface area contributed by atoms with Gasteiger partial charge in [-0.15, -0.1) is 0 Å². The van der Waals surface area contributed by atoms with E-state index in [2.05, 4.69) is 39.1 Å². The van der Waals surface area contributed by atoms with Gasteiger partial charge >= 0.3 is 0 Å². The molecule has 106 valence electrons. The molecule has 2 aromatic heterocycles. The molecule has 0 aliphatic carbocycles. The zero-order valence-corrected chi connectivity index (χ0v) is 12.0. The van der Waals surface area contributed by atoms with Gasteiger partial charge in [-0.25, -0.2) is 0 Å². The number of aromatic amines is 1. The second-order valence-electron chi connectivity index (χ2n) is 5.30. The maximum absolute atomic E-state index is 5.64. The molecule has 0 spiro atoms. The number of aryl methyl sites for hydroxylation is 2. The fraction of sp³-hybridized carbons (Fsp3) is 0.467. The lowest BCUT2D eigenvalue weighted by molar-refractivity contribution is -0.0150. The Morgan fingerprint density at radius 3 is 3.05 bits per heavy atom. The smallest absolute Gasteiger partial charge is 0.0758 e. The number of hydrogen-bond donors (Lipinski definition) is 1. The topological polar surface area (TPSA) is 54.0 Å². The molecule has 1 aliphatic rings. The number of aromatic nitrogens is 3. The second kappa shape index (κ2) is 5.73. The Labute approximate surface area is 119 Å². The van der Waals surface area contributed by atoms with Crippen LogP contribution in [0.5, 0.6) is 0 Å². The maximum Gasteiger partial charge on any atom is 0.0758 e. The summed E-state index contributed by atoms with van der Waals surface area (Å²) in [7, 11) is 0. The summed E-state index contributed by atoms with van der Waals surface area (Å²) >= 11 is 0. The summed E-state index contributed by atoms with van der Waals surface area (Å²) in [6, 6.07) is 6.40. The summed E-state index contributed by atoms with van der Waals surface area (Å²) in [6.45, 7) is 7.34. The molecule has 0 saturated carbocycles. The molecule has 0 aromatic carbocycles. The highest BCUT2D eigenvalue weighted by Crippen LogP contribution is 2.26. The summed E-state index contributed by atoms with van der Waals surface area (Å²) in [4.78, 5) is 7.01. The zero-order valence-electron chi connectivity index (χ0n) is 12.0. The molecule has 5 nitrogen and oxygen atoms in total. The van der Waals surface area contributed by atoms with E-state index in [4.69, 9.17) is 4.74 Å². The average Bonchev–Trinajstić information content (AvgIpc) is 2.86. The zero-order chi connectivity index (χ0) is 13.9. The van der Waals surface area contributed by atoms with Crippen LogP contribution in [0.25, 0.3) is 0 Å². The number of hydrogen-bond acceptors (Lipinski definition) is 4. The lowest BCUT2D eigenvalue weighted by Gasteiger charge is -2.35. The number of ether oxygens (including phenoxy) is 1. The van der Waals surface area contributed by atoms with Crippen molar-refractivity contribution in [1.29, 1.82) is 0 Å². The predicted octanol–water partition coefficient (Wildman–Crippen LogP) is 2.00. The van der Waals surface area contributed by atoms with Gasteiger partial charge in [0.2, 0.25) is 0 Å². The third-order valence-electron chi connectivity index (χ3n) is 3.75. The van der Waals surface area contributed by atoms with E-state index in [1.54, 1.807) is 0 Å². The van der Waals surface area contributed by atoms with E-state index >= 15 is 0 Å². The minimum absolute atomic E-state index is 0.230. The maximum atomic E-state index is 5.64. The van der Waals surface area contributed by atoms with Crippen LogP contribution in [-0.4, -0.2) is 39.8 Å². The molecular weight excluding hydrogens is 252 g/mol. The summed E-state index contributed by atoms with van der Waals surface area (Å²) in [6.07, 6.45) is 1.87. The Morgan fingerprint density at radius 1 is 1.40 bits per heavy atom. The first-order chi connectivity index (χ1) is 9.74. The molecule has 2 aromatic rings. The van der Waals surface area contributed by atoms with E-state index in [0.29, 0.717) is 6.61 Å². The molecule has 1 aliphatic heterocycles. The van der Waals surface area contributed by atoms with Gasteiger partial charge in [-0.05, 0) is 31.5 Å². The highest BCUT2D eigenvalue weighted by molar-refractivity contribution is 5.19. The number of rotatable bonds is 3. The minimum atomic E-state index is 0.230. The number of H-pyrrole nitrogens is 1. The van der Waals surface area contributed by atoms with Crippen molar-refractivity contribution in [2.45, 2.75) is 26.4 Å². The fourth-order valence-corrected chi connectivity index (χ4v) is 2.68. The quantitative estimate of drug-likeness (QED) is 0.928. The van der Waals surface area contributed by atoms with E-state index in [1.165, 1.54) is 5.56 Å². The highest BCUT2D eigenvalue weighted by Gasteiger charge is 2.27. The minimum Gasteiger partial charge on any atom is -0.378 e. The van der Waals surface area contributed by atoms with Crippen LogP contribution < -0.4 is 0 Å². The number of pyridine rings is 1. The van der Waals surface area contributed by atoms with E-state index in [1.807, 2.05) is 19.2 Å². The van der Waals surface area contributed by atoms with Crippen LogP contribution in [0.15, 0.2) is 24.4 Å². The lowest BCUT2D eigenvalue weighted by atomic mass is 10.1. The average molecular weight is 272 g/mol. The first-order valence-corrected chi connectivity index (χ1v) is 6.98. The lowest BCUT2D eigenvalue weighted by Crippen LogP contribution is -2.39. The van der Waals surface area contributed by atoms with E-state index in [0.717, 1.165) is 36.8 Å². The molecule has 20 heavy (non-hydrogen) atoms. The monoisotopic (exact) mass is 272 g/mol. The summed E-state index contributed by atoms with van der Waals surface area (Å²) in [5.41, 5.74) is 4.50. The van der Waals surface area contributed by atoms with Gasteiger partial charge in [0, 0.05) is 18.8 Å². The molecule has 0 amide bonds. The normalized spacial score (nSPS) is 20.2. The van der Waals surface area contributed by atoms with Crippen molar-refractivity contribution in [2.75, 3.05) is 19.8 Å². The Balaban J connectivity index is 1.81. The molecule has 0 unspecified atom stereocenters. The van der Waals surface area contributed by atoms with Crippen molar-refractivity contribution in [1.82, 2.24) is 20.1 Å². The van der Waals surface area contributed by atoms with E-state index < -0.39 is 0 Å². The molecular formula is C15H20N4O. The van der Waals surface area contributed by atoms with Gasteiger partial charge in [0.15, 0.2) is 0 Å². The SMILES string of the molecule is Cc1cccc(CN2CCOC[C@@H]2c2[nH]ncc2C)n1. The van der Waals surface area contributed by atoms with Gasteiger partial charge in [0.1, 0.15) is 0 Å². The van der Waals surface area contributed by atoms with Crippen molar-refractivity contribution < 1.29 is 4.74 Å². The Kier molecular flexibility index (Phi) is 3.80. The van der Waals surface area contributed by atoms with Crippen molar-refractivity contribution >= 4 is 0 Å². The van der Waals surface area contributed by atoms with Gasteiger partial charge in [-0.3, -0.25) is 15.0 Å². The van der Waals surface area contributed by atoms with Gasteiger partial charge in [-0.1, -0.05) is 6.07 Å². The molecule has 0 radical (unpaired) electrons. The van der Waals surface area contributed by atoms with Gasteiger partial charge < -0.3 is 4.74 Å². The number of nitrogens with one attached hydrogen (secondary N) is 1. The largest absolute Gasteiger partial charge is 0.378 e. The molecule has 5 heteroatoms. The number of nitrogens with zero attached hydrogens (tertiary/aromatic N) is 3. The van der Waals surface area contributed by atoms with Crippen molar-refractivity contribution in [3.8, 4) is 0 Å². The summed E-state index contributed by atoms with van der Waals surface area (Å²) in [5, 5.41) is 7.24. The third kappa shape index (κ3) is 2.73. The Hall–Kier alpha value is -1.72. The second-order valence-corrected chi connectivity index (χ2v) is 5.30. The van der Waals surface area contributed by atoms with Gasteiger partial charge in [-0.2, -0.15) is 5.10 Å². The first kappa shape index (κ1) is 13.3. The standard InChI is InChI=1S/C15H20N4O/c1-11-8-16-18-15(11)14-10-20-7-6-19(14)9-13-5-3-4-12(2)17-13/h3-5,8,14H,6-7,9-10H2,1-2H3,(H,16,18)/t14-/m1/s1. The Bertz CT molecular complexity index is 581. The van der Waals surface area contributed by atoms with Crippen LogP contribution >= 0.6 is 0 Å². The third-order valence-corrected chi connectivity index (χ3v) is 3.75. The molecule has 3 rings (SSSR count). The highest BCUT2D eigenvalue weighted by atomic mass is 16.5. The van der Waals surface area contributed by atoms with Crippen LogP contribution in [0.4, 0.5) is 0 Å². The van der Waals surface area contributed by atoms with E-state index in [-0.39, 0.29) is 6.04 Å². The fourth-order valence-electron chi connectivity index (χ4n) is 2.68. The molecule has 0 bridgehead atoms. The Morgan fingerprint density at radius 2 is 2.30 bits per heavy atom. The van der Waals surface area contributed by atoms with Crippen LogP contribution in [0.2, 0.25) is 0 Å². The summed E-state index contributed by atoms with van der Waals surface area (Å²) in [5.74, 6) is 0. The van der Waals surface area contributed by atoms with Crippen molar-refractivity contribution in [2.24, 2.45) is 0 Å². The summed E-state index contributed by atoms with van der Waals surface area (Å²) < 4.78 is 5.64.